The molecule has 0 saturated heterocycles. The number of pyridine rings is 1. The predicted molar refractivity (Wildman–Crippen MR) is 86.3 cm³/mol. The van der Waals surface area contributed by atoms with E-state index in [0.29, 0.717) is 16.8 Å². The second-order valence-corrected chi connectivity index (χ2v) is 4.95. The maximum Gasteiger partial charge on any atom is 0.255 e. The van der Waals surface area contributed by atoms with Gasteiger partial charge in [0, 0.05) is 17.1 Å². The molecule has 1 amide bonds. The first-order valence-corrected chi connectivity index (χ1v) is 6.78. The number of nitroso groups, excluding NO2 is 1. The highest BCUT2D eigenvalue weighted by Gasteiger charge is 2.13. The SMILES string of the molecule is Cc1ccc(C(=O)Nc2c(N=O)ccc3cccnc23)cc1. The Morgan fingerprint density at radius 1 is 1.09 bits per heavy atom. The Morgan fingerprint density at radius 3 is 2.59 bits per heavy atom. The summed E-state index contributed by atoms with van der Waals surface area (Å²) in [4.78, 5) is 27.6. The van der Waals surface area contributed by atoms with Gasteiger partial charge in [-0.1, -0.05) is 29.8 Å². The van der Waals surface area contributed by atoms with E-state index in [9.17, 15) is 9.70 Å². The van der Waals surface area contributed by atoms with Crippen LogP contribution in [-0.4, -0.2) is 10.9 Å². The lowest BCUT2D eigenvalue weighted by Crippen LogP contribution is -2.12. The van der Waals surface area contributed by atoms with Gasteiger partial charge in [-0.2, -0.15) is 0 Å². The number of nitrogens with zero attached hydrogens (tertiary/aromatic N) is 2. The van der Waals surface area contributed by atoms with E-state index in [1.165, 1.54) is 0 Å². The number of carbonyl (C=O) groups excluding carboxylic acids is 1. The van der Waals surface area contributed by atoms with Gasteiger partial charge in [-0.15, -0.1) is 4.91 Å². The number of hydrogen-bond acceptors (Lipinski definition) is 4. The van der Waals surface area contributed by atoms with Crippen LogP contribution in [0, 0.1) is 11.8 Å². The Kier molecular flexibility index (Phi) is 3.62. The summed E-state index contributed by atoms with van der Waals surface area (Å²) in [5.74, 6) is -0.303. The molecule has 22 heavy (non-hydrogen) atoms. The molecule has 0 atom stereocenters. The first-order valence-electron chi connectivity index (χ1n) is 6.78. The number of benzene rings is 2. The van der Waals surface area contributed by atoms with E-state index < -0.39 is 0 Å². The molecule has 0 aliphatic carbocycles. The van der Waals surface area contributed by atoms with Crippen molar-refractivity contribution < 1.29 is 4.79 Å². The monoisotopic (exact) mass is 291 g/mol. The summed E-state index contributed by atoms with van der Waals surface area (Å²) in [5, 5.41) is 6.55. The van der Waals surface area contributed by atoms with Gasteiger partial charge in [0.2, 0.25) is 0 Å². The van der Waals surface area contributed by atoms with E-state index in [1.54, 1.807) is 36.5 Å². The lowest BCUT2D eigenvalue weighted by atomic mass is 10.1. The van der Waals surface area contributed by atoms with Crippen LogP contribution < -0.4 is 5.32 Å². The molecule has 0 radical (unpaired) electrons. The summed E-state index contributed by atoms with van der Waals surface area (Å²) >= 11 is 0. The minimum absolute atomic E-state index is 0.159. The molecule has 3 aromatic rings. The maximum absolute atomic E-state index is 12.4. The fraction of sp³-hybridized carbons (Fsp3) is 0.0588. The molecular formula is C17H13N3O2. The molecule has 0 spiro atoms. The number of anilines is 1. The molecule has 2 aromatic carbocycles. The number of amides is 1. The topological polar surface area (TPSA) is 71.4 Å². The van der Waals surface area contributed by atoms with Gasteiger partial charge < -0.3 is 5.32 Å². The third-order valence-electron chi connectivity index (χ3n) is 3.40. The van der Waals surface area contributed by atoms with Crippen molar-refractivity contribution >= 4 is 28.2 Å². The minimum Gasteiger partial charge on any atom is -0.318 e. The number of aromatic nitrogens is 1. The van der Waals surface area contributed by atoms with Crippen LogP contribution in [0.4, 0.5) is 11.4 Å². The van der Waals surface area contributed by atoms with Crippen LogP contribution in [0.15, 0.2) is 59.9 Å². The summed E-state index contributed by atoms with van der Waals surface area (Å²) in [5.41, 5.74) is 2.61. The van der Waals surface area contributed by atoms with Crippen LogP contribution in [0.2, 0.25) is 0 Å². The highest BCUT2D eigenvalue weighted by Crippen LogP contribution is 2.32. The zero-order valence-corrected chi connectivity index (χ0v) is 11.9. The molecule has 0 aliphatic heterocycles. The third kappa shape index (κ3) is 2.56. The molecule has 5 heteroatoms. The summed E-state index contributed by atoms with van der Waals surface area (Å²) in [6.45, 7) is 1.95. The van der Waals surface area contributed by atoms with Crippen LogP contribution in [0.5, 0.6) is 0 Å². The average Bonchev–Trinajstić information content (AvgIpc) is 2.55. The van der Waals surface area contributed by atoms with Crippen molar-refractivity contribution in [3.8, 4) is 0 Å². The molecule has 0 aliphatic rings. The second-order valence-electron chi connectivity index (χ2n) is 4.95. The highest BCUT2D eigenvalue weighted by molar-refractivity contribution is 6.10. The lowest BCUT2D eigenvalue weighted by Gasteiger charge is -2.10. The van der Waals surface area contributed by atoms with Crippen molar-refractivity contribution in [2.75, 3.05) is 5.32 Å². The van der Waals surface area contributed by atoms with Crippen LogP contribution in [-0.2, 0) is 0 Å². The smallest absolute Gasteiger partial charge is 0.255 e. The summed E-state index contributed by atoms with van der Waals surface area (Å²) in [6, 6.07) is 14.2. The lowest BCUT2D eigenvalue weighted by molar-refractivity contribution is 0.102. The molecule has 1 heterocycles. The van der Waals surface area contributed by atoms with Crippen LogP contribution in [0.1, 0.15) is 15.9 Å². The molecule has 1 aromatic heterocycles. The molecule has 5 nitrogen and oxygen atoms in total. The van der Waals surface area contributed by atoms with Gasteiger partial charge in [-0.05, 0) is 36.4 Å². The standard InChI is InChI=1S/C17H13N3O2/c1-11-4-6-13(7-5-11)17(21)19-16-14(20-22)9-8-12-3-2-10-18-15(12)16/h2-10H,1H3,(H,19,21). The van der Waals surface area contributed by atoms with Crippen molar-refractivity contribution in [2.24, 2.45) is 5.18 Å². The van der Waals surface area contributed by atoms with Gasteiger partial charge in [0.1, 0.15) is 5.69 Å². The van der Waals surface area contributed by atoms with Gasteiger partial charge in [-0.25, -0.2) is 0 Å². The van der Waals surface area contributed by atoms with Crippen LogP contribution in [0.25, 0.3) is 10.9 Å². The molecule has 0 bridgehead atoms. The second kappa shape index (κ2) is 5.73. The van der Waals surface area contributed by atoms with E-state index >= 15 is 0 Å². The van der Waals surface area contributed by atoms with E-state index in [4.69, 9.17) is 0 Å². The number of carbonyl (C=O) groups is 1. The first kappa shape index (κ1) is 13.9. The molecule has 0 unspecified atom stereocenters. The molecular weight excluding hydrogens is 278 g/mol. The predicted octanol–water partition coefficient (Wildman–Crippen LogP) is 4.19. The fourth-order valence-corrected chi connectivity index (χ4v) is 2.22. The number of hydrogen-bond donors (Lipinski definition) is 1. The van der Waals surface area contributed by atoms with E-state index in [2.05, 4.69) is 15.5 Å². The van der Waals surface area contributed by atoms with E-state index in [1.807, 2.05) is 25.1 Å². The van der Waals surface area contributed by atoms with Crippen LogP contribution >= 0.6 is 0 Å². The van der Waals surface area contributed by atoms with Gasteiger partial charge in [-0.3, -0.25) is 9.78 Å². The van der Waals surface area contributed by atoms with Gasteiger partial charge in [0.25, 0.3) is 5.91 Å². The Labute approximate surface area is 127 Å². The zero-order valence-electron chi connectivity index (χ0n) is 11.9. The largest absolute Gasteiger partial charge is 0.318 e. The summed E-state index contributed by atoms with van der Waals surface area (Å²) in [7, 11) is 0. The van der Waals surface area contributed by atoms with Crippen molar-refractivity contribution in [3.63, 3.8) is 0 Å². The van der Waals surface area contributed by atoms with Crippen molar-refractivity contribution in [1.29, 1.82) is 0 Å². The Bertz CT molecular complexity index is 857. The van der Waals surface area contributed by atoms with Crippen molar-refractivity contribution in [1.82, 2.24) is 4.98 Å². The van der Waals surface area contributed by atoms with Crippen molar-refractivity contribution in [2.45, 2.75) is 6.92 Å². The van der Waals surface area contributed by atoms with Gasteiger partial charge >= 0.3 is 0 Å². The molecule has 0 saturated carbocycles. The Hall–Kier alpha value is -3.08. The number of aryl methyl sites for hydroxylation is 1. The van der Waals surface area contributed by atoms with Crippen LogP contribution in [0.3, 0.4) is 0 Å². The number of nitrogens with one attached hydrogen (secondary N) is 1. The average molecular weight is 291 g/mol. The molecule has 0 fully saturated rings. The van der Waals surface area contributed by atoms with Gasteiger partial charge in [0.15, 0.2) is 0 Å². The first-order chi connectivity index (χ1) is 10.7. The molecule has 108 valence electrons. The normalized spacial score (nSPS) is 10.4. The Balaban J connectivity index is 2.04. The number of rotatable bonds is 3. The van der Waals surface area contributed by atoms with Crippen molar-refractivity contribution in [3.05, 3.63) is 70.8 Å². The quantitative estimate of drug-likeness (QED) is 0.735. The highest BCUT2D eigenvalue weighted by atomic mass is 16.3. The summed E-state index contributed by atoms with van der Waals surface area (Å²) < 4.78 is 0. The van der Waals surface area contributed by atoms with Gasteiger partial charge in [0.05, 0.1) is 11.2 Å². The summed E-state index contributed by atoms with van der Waals surface area (Å²) in [6.07, 6.45) is 1.61. The molecule has 1 N–H and O–H groups in total. The minimum atomic E-state index is -0.303. The maximum atomic E-state index is 12.4. The fourth-order valence-electron chi connectivity index (χ4n) is 2.22. The Morgan fingerprint density at radius 2 is 1.86 bits per heavy atom. The zero-order chi connectivity index (χ0) is 15.5. The molecule has 3 rings (SSSR count). The number of fused-ring (bicyclic) bond motifs is 1. The third-order valence-corrected chi connectivity index (χ3v) is 3.40. The van der Waals surface area contributed by atoms with E-state index in [0.717, 1.165) is 10.9 Å². The van der Waals surface area contributed by atoms with E-state index in [-0.39, 0.29) is 11.6 Å².